The van der Waals surface area contributed by atoms with Crippen molar-refractivity contribution in [2.24, 2.45) is 0 Å². The molecule has 52 heavy (non-hydrogen) atoms. The lowest BCUT2D eigenvalue weighted by atomic mass is 9.83. The van der Waals surface area contributed by atoms with E-state index in [4.69, 9.17) is 0 Å². The Labute approximate surface area is 303 Å². The lowest BCUT2D eigenvalue weighted by Crippen LogP contribution is -1.92. The Balaban J connectivity index is 1.25. The Hall–Kier alpha value is -6.76. The Morgan fingerprint density at radius 3 is 1.42 bits per heavy atom. The maximum atomic E-state index is 2.44. The predicted molar refractivity (Wildman–Crippen MR) is 226 cm³/mol. The molecule has 0 spiro atoms. The fraction of sp³-hybridized carbons (Fsp3) is 0. The van der Waals surface area contributed by atoms with Crippen LogP contribution >= 0.6 is 0 Å². The first kappa shape index (κ1) is 30.1. The van der Waals surface area contributed by atoms with Gasteiger partial charge in [-0.1, -0.05) is 188 Å². The molecule has 0 aliphatic carbocycles. The van der Waals surface area contributed by atoms with Crippen molar-refractivity contribution in [1.29, 1.82) is 0 Å². The van der Waals surface area contributed by atoms with Crippen molar-refractivity contribution in [1.82, 2.24) is 0 Å². The highest BCUT2D eigenvalue weighted by atomic mass is 14.2. The average Bonchev–Trinajstić information content (AvgIpc) is 3.21. The topological polar surface area (TPSA) is 0 Å². The van der Waals surface area contributed by atoms with Crippen LogP contribution in [-0.4, -0.2) is 0 Å². The molecule has 10 rings (SSSR count). The summed E-state index contributed by atoms with van der Waals surface area (Å²) >= 11 is 0. The van der Waals surface area contributed by atoms with Gasteiger partial charge in [-0.15, -0.1) is 0 Å². The highest BCUT2D eigenvalue weighted by Gasteiger charge is 2.19. The minimum absolute atomic E-state index is 1.20. The third-order valence-electron chi connectivity index (χ3n) is 10.6. The van der Waals surface area contributed by atoms with E-state index in [1.807, 2.05) is 0 Å². The third-order valence-corrected chi connectivity index (χ3v) is 10.6. The highest BCUT2D eigenvalue weighted by Crippen LogP contribution is 2.46. The second-order valence-corrected chi connectivity index (χ2v) is 13.7. The zero-order valence-corrected chi connectivity index (χ0v) is 28.6. The SMILES string of the molecule is C(=C\c1ccc(-c2ccc3c(-c4ccc5ccccc5c4)c4ccccc4c(-c4ccc5ccccc5c4)c3c2)c2ccccc12)/c1ccccc1. The van der Waals surface area contributed by atoms with E-state index < -0.39 is 0 Å². The van der Waals surface area contributed by atoms with Gasteiger partial charge in [-0.25, -0.2) is 0 Å². The van der Waals surface area contributed by atoms with Crippen molar-refractivity contribution >= 4 is 66.0 Å². The normalized spacial score (nSPS) is 11.8. The van der Waals surface area contributed by atoms with E-state index >= 15 is 0 Å². The van der Waals surface area contributed by atoms with E-state index in [9.17, 15) is 0 Å². The van der Waals surface area contributed by atoms with Crippen LogP contribution in [0, 0.1) is 0 Å². The number of benzene rings is 10. The summed E-state index contributed by atoms with van der Waals surface area (Å²) in [5.41, 5.74) is 9.87. The molecule has 10 aromatic carbocycles. The molecule has 0 aromatic heterocycles. The molecule has 10 aromatic rings. The van der Waals surface area contributed by atoms with Gasteiger partial charge >= 0.3 is 0 Å². The Bertz CT molecular complexity index is 3000. The summed E-state index contributed by atoms with van der Waals surface area (Å²) in [7, 11) is 0. The standard InChI is InChI=1S/C52H34/c1-2-12-35(13-3-1)22-23-38-28-30-45(46-19-9-8-18-44(38)46)41-29-31-49-50(34-41)52(43-27-25-37-15-5-7-17-40(37)33-43)48-21-11-10-20-47(48)51(49)42-26-24-36-14-4-6-16-39(36)32-42/h1-34H/b23-22+. The number of rotatable bonds is 5. The summed E-state index contributed by atoms with van der Waals surface area (Å²) in [6.07, 6.45) is 4.44. The Kier molecular flexibility index (Phi) is 7.25. The molecule has 0 N–H and O–H groups in total. The molecule has 0 heteroatoms. The second kappa shape index (κ2) is 12.5. The van der Waals surface area contributed by atoms with Crippen LogP contribution < -0.4 is 0 Å². The van der Waals surface area contributed by atoms with E-state index in [1.54, 1.807) is 0 Å². The second-order valence-electron chi connectivity index (χ2n) is 13.7. The molecule has 0 nitrogen and oxygen atoms in total. The van der Waals surface area contributed by atoms with E-state index in [0.717, 1.165) is 0 Å². The summed E-state index contributed by atoms with van der Waals surface area (Å²) in [6.45, 7) is 0. The van der Waals surface area contributed by atoms with Crippen molar-refractivity contribution in [2.45, 2.75) is 0 Å². The first-order valence-corrected chi connectivity index (χ1v) is 18.0. The van der Waals surface area contributed by atoms with Crippen molar-refractivity contribution in [3.63, 3.8) is 0 Å². The van der Waals surface area contributed by atoms with Crippen molar-refractivity contribution < 1.29 is 0 Å². The zero-order chi connectivity index (χ0) is 34.4. The van der Waals surface area contributed by atoms with E-state index in [2.05, 4.69) is 206 Å². The van der Waals surface area contributed by atoms with Crippen molar-refractivity contribution in [2.75, 3.05) is 0 Å². The first-order valence-electron chi connectivity index (χ1n) is 18.0. The molecular weight excluding hydrogens is 625 g/mol. The maximum Gasteiger partial charge on any atom is -0.00259 e. The fourth-order valence-electron chi connectivity index (χ4n) is 8.13. The van der Waals surface area contributed by atoms with Crippen LogP contribution in [0.3, 0.4) is 0 Å². The highest BCUT2D eigenvalue weighted by molar-refractivity contribution is 6.23. The van der Waals surface area contributed by atoms with Gasteiger partial charge in [0.15, 0.2) is 0 Å². The quantitative estimate of drug-likeness (QED) is 0.128. The van der Waals surface area contributed by atoms with Gasteiger partial charge < -0.3 is 0 Å². The largest absolute Gasteiger partial charge is 0.0622 e. The Morgan fingerprint density at radius 2 is 0.769 bits per heavy atom. The van der Waals surface area contributed by atoms with E-state index in [1.165, 1.54) is 98.4 Å². The summed E-state index contributed by atoms with van der Waals surface area (Å²) in [5.74, 6) is 0. The zero-order valence-electron chi connectivity index (χ0n) is 28.6. The third kappa shape index (κ3) is 5.16. The molecule has 0 aliphatic rings. The molecular formula is C52H34. The number of fused-ring (bicyclic) bond motifs is 5. The molecule has 242 valence electrons. The van der Waals surface area contributed by atoms with Crippen molar-refractivity contribution in [3.05, 3.63) is 205 Å². The van der Waals surface area contributed by atoms with Gasteiger partial charge in [0.05, 0.1) is 0 Å². The molecule has 0 aliphatic heterocycles. The number of hydrogen-bond donors (Lipinski definition) is 0. The molecule has 0 radical (unpaired) electrons. The smallest absolute Gasteiger partial charge is 0.00259 e. The molecule has 0 bridgehead atoms. The van der Waals surface area contributed by atoms with E-state index in [0.29, 0.717) is 0 Å². The molecule has 0 atom stereocenters. The van der Waals surface area contributed by atoms with Gasteiger partial charge in [-0.2, -0.15) is 0 Å². The summed E-state index contributed by atoms with van der Waals surface area (Å²) in [6, 6.07) is 71.2. The van der Waals surface area contributed by atoms with Gasteiger partial charge in [0.1, 0.15) is 0 Å². The summed E-state index contributed by atoms with van der Waals surface area (Å²) < 4.78 is 0. The van der Waals surface area contributed by atoms with Gasteiger partial charge in [0, 0.05) is 0 Å². The molecule has 0 heterocycles. The van der Waals surface area contributed by atoms with Crippen LogP contribution in [0.2, 0.25) is 0 Å². The lowest BCUT2D eigenvalue weighted by Gasteiger charge is -2.20. The fourth-order valence-corrected chi connectivity index (χ4v) is 8.13. The summed E-state index contributed by atoms with van der Waals surface area (Å²) in [5, 5.41) is 12.5. The van der Waals surface area contributed by atoms with Gasteiger partial charge in [-0.05, 0) is 117 Å². The van der Waals surface area contributed by atoms with Gasteiger partial charge in [0.2, 0.25) is 0 Å². The van der Waals surface area contributed by atoms with E-state index in [-0.39, 0.29) is 0 Å². The van der Waals surface area contributed by atoms with Crippen LogP contribution in [0.15, 0.2) is 194 Å². The van der Waals surface area contributed by atoms with Crippen molar-refractivity contribution in [3.8, 4) is 33.4 Å². The molecule has 0 saturated carbocycles. The average molecular weight is 659 g/mol. The molecule has 0 unspecified atom stereocenters. The van der Waals surface area contributed by atoms with Gasteiger partial charge in [-0.3, -0.25) is 0 Å². The maximum absolute atomic E-state index is 2.44. The number of hydrogen-bond acceptors (Lipinski definition) is 0. The first-order chi connectivity index (χ1) is 25.8. The van der Waals surface area contributed by atoms with Crippen LogP contribution in [0.5, 0.6) is 0 Å². The minimum atomic E-state index is 1.20. The lowest BCUT2D eigenvalue weighted by molar-refractivity contribution is 1.65. The molecule has 0 amide bonds. The molecule has 0 fully saturated rings. The predicted octanol–water partition coefficient (Wildman–Crippen LogP) is 14.6. The van der Waals surface area contributed by atoms with Crippen LogP contribution in [0.25, 0.3) is 99.4 Å². The van der Waals surface area contributed by atoms with Crippen LogP contribution in [-0.2, 0) is 0 Å². The monoisotopic (exact) mass is 658 g/mol. The molecule has 0 saturated heterocycles. The van der Waals surface area contributed by atoms with Crippen LogP contribution in [0.4, 0.5) is 0 Å². The minimum Gasteiger partial charge on any atom is -0.0622 e. The summed E-state index contributed by atoms with van der Waals surface area (Å²) in [4.78, 5) is 0. The van der Waals surface area contributed by atoms with Crippen LogP contribution in [0.1, 0.15) is 11.1 Å². The Morgan fingerprint density at radius 1 is 0.269 bits per heavy atom. The van der Waals surface area contributed by atoms with Gasteiger partial charge in [0.25, 0.3) is 0 Å².